The Morgan fingerprint density at radius 2 is 2.21 bits per heavy atom. The highest BCUT2D eigenvalue weighted by Crippen LogP contribution is 2.22. The van der Waals surface area contributed by atoms with Crippen LogP contribution in [0.1, 0.15) is 19.8 Å². The van der Waals surface area contributed by atoms with Crippen LogP contribution in [0, 0.1) is 11.8 Å². The maximum atomic E-state index is 12.4. The van der Waals surface area contributed by atoms with Crippen molar-refractivity contribution in [2.24, 2.45) is 11.8 Å². The zero-order chi connectivity index (χ0) is 17.3. The average Bonchev–Trinajstić information content (AvgIpc) is 3.02. The summed E-state index contributed by atoms with van der Waals surface area (Å²) in [6, 6.07) is 1.73. The highest BCUT2D eigenvalue weighted by atomic mass is 32.1. The molecule has 1 amide bonds. The van der Waals surface area contributed by atoms with Gasteiger partial charge in [0.15, 0.2) is 0 Å². The van der Waals surface area contributed by atoms with E-state index in [9.17, 15) is 19.5 Å². The largest absolute Gasteiger partial charge is 0.481 e. The minimum absolute atomic E-state index is 0.120. The van der Waals surface area contributed by atoms with Gasteiger partial charge in [-0.3, -0.25) is 19.0 Å². The number of nitrogens with zero attached hydrogens (tertiary/aromatic N) is 3. The van der Waals surface area contributed by atoms with Gasteiger partial charge in [-0.1, -0.05) is 6.92 Å². The normalized spacial score (nSPS) is 21.1. The number of amides is 1. The molecule has 0 aromatic carbocycles. The fraction of sp³-hybridized carbons (Fsp3) is 0.500. The monoisotopic (exact) mass is 349 g/mol. The molecule has 7 nitrogen and oxygen atoms in total. The van der Waals surface area contributed by atoms with E-state index < -0.39 is 11.9 Å². The van der Waals surface area contributed by atoms with E-state index in [0.29, 0.717) is 23.2 Å². The SMILES string of the molecule is CC1CC(C(=O)O)CN(C(=O)CCn2cnc3sccc3c2=O)C1. The molecule has 1 saturated heterocycles. The average molecular weight is 349 g/mol. The molecule has 1 fully saturated rings. The molecular formula is C16H19N3O4S. The molecule has 1 aliphatic heterocycles. The fourth-order valence-corrected chi connectivity index (χ4v) is 3.88. The van der Waals surface area contributed by atoms with Crippen molar-refractivity contribution in [3.8, 4) is 0 Å². The smallest absolute Gasteiger partial charge is 0.308 e. The number of likely N-dealkylation sites (tertiary alicyclic amines) is 1. The van der Waals surface area contributed by atoms with Crippen molar-refractivity contribution >= 4 is 33.4 Å². The number of thiophene rings is 1. The molecule has 0 saturated carbocycles. The first kappa shape index (κ1) is 16.6. The van der Waals surface area contributed by atoms with Gasteiger partial charge in [-0.05, 0) is 23.8 Å². The first-order valence-electron chi connectivity index (χ1n) is 7.89. The lowest BCUT2D eigenvalue weighted by Gasteiger charge is -2.34. The second-order valence-electron chi connectivity index (χ2n) is 6.31. The Hall–Kier alpha value is -2.22. The van der Waals surface area contributed by atoms with Gasteiger partial charge in [-0.15, -0.1) is 11.3 Å². The molecule has 0 aliphatic carbocycles. The molecule has 128 valence electrons. The zero-order valence-electron chi connectivity index (χ0n) is 13.3. The van der Waals surface area contributed by atoms with Crippen LogP contribution in [-0.4, -0.2) is 44.5 Å². The third-order valence-corrected chi connectivity index (χ3v) is 5.20. The number of aliphatic carboxylic acids is 1. The third kappa shape index (κ3) is 3.33. The van der Waals surface area contributed by atoms with Crippen LogP contribution in [0.2, 0.25) is 0 Å². The van der Waals surface area contributed by atoms with Gasteiger partial charge in [-0.2, -0.15) is 0 Å². The molecule has 3 rings (SSSR count). The number of fused-ring (bicyclic) bond motifs is 1. The number of carboxylic acids is 1. The Labute approximate surface area is 142 Å². The Morgan fingerprint density at radius 3 is 2.96 bits per heavy atom. The van der Waals surface area contributed by atoms with Crippen LogP contribution in [0.5, 0.6) is 0 Å². The molecule has 2 atom stereocenters. The first-order chi connectivity index (χ1) is 11.5. The van der Waals surface area contributed by atoms with Crippen LogP contribution in [0.15, 0.2) is 22.6 Å². The second kappa shape index (κ2) is 6.72. The zero-order valence-corrected chi connectivity index (χ0v) is 14.2. The van der Waals surface area contributed by atoms with E-state index in [1.54, 1.807) is 11.0 Å². The summed E-state index contributed by atoms with van der Waals surface area (Å²) in [6.07, 6.45) is 2.22. The number of carboxylic acid groups (broad SMARTS) is 1. The molecule has 3 heterocycles. The van der Waals surface area contributed by atoms with Crippen LogP contribution < -0.4 is 5.56 Å². The molecule has 0 bridgehead atoms. The summed E-state index contributed by atoms with van der Waals surface area (Å²) in [7, 11) is 0. The summed E-state index contributed by atoms with van der Waals surface area (Å²) in [5.41, 5.74) is -0.149. The summed E-state index contributed by atoms with van der Waals surface area (Å²) < 4.78 is 1.44. The fourth-order valence-electron chi connectivity index (χ4n) is 3.16. The number of piperidine rings is 1. The number of carbonyl (C=O) groups is 2. The minimum Gasteiger partial charge on any atom is -0.481 e. The van der Waals surface area contributed by atoms with E-state index >= 15 is 0 Å². The maximum absolute atomic E-state index is 12.4. The quantitative estimate of drug-likeness (QED) is 0.901. The second-order valence-corrected chi connectivity index (χ2v) is 7.20. The molecule has 1 aliphatic rings. The van der Waals surface area contributed by atoms with E-state index in [2.05, 4.69) is 4.98 Å². The summed E-state index contributed by atoms with van der Waals surface area (Å²) in [5.74, 6) is -1.33. The van der Waals surface area contributed by atoms with E-state index in [-0.39, 0.29) is 36.9 Å². The standard InChI is InChI=1S/C16H19N3O4S/c1-10-6-11(16(22)23)8-19(7-10)13(20)2-4-18-9-17-14-12(15(18)21)3-5-24-14/h3,5,9-11H,2,4,6-8H2,1H3,(H,22,23). The Bertz CT molecular complexity index is 828. The number of hydrogen-bond acceptors (Lipinski definition) is 5. The molecule has 2 aromatic rings. The highest BCUT2D eigenvalue weighted by molar-refractivity contribution is 7.16. The highest BCUT2D eigenvalue weighted by Gasteiger charge is 2.31. The predicted octanol–water partition coefficient (Wildman–Crippen LogP) is 1.42. The number of aromatic nitrogens is 2. The van der Waals surface area contributed by atoms with Gasteiger partial charge in [0, 0.05) is 26.1 Å². The van der Waals surface area contributed by atoms with Gasteiger partial charge in [0.05, 0.1) is 17.6 Å². The lowest BCUT2D eigenvalue weighted by molar-refractivity contribution is -0.147. The molecule has 8 heteroatoms. The molecule has 24 heavy (non-hydrogen) atoms. The van der Waals surface area contributed by atoms with E-state index in [1.165, 1.54) is 22.2 Å². The number of aryl methyl sites for hydroxylation is 1. The van der Waals surface area contributed by atoms with Crippen LogP contribution in [0.4, 0.5) is 0 Å². The first-order valence-corrected chi connectivity index (χ1v) is 8.77. The summed E-state index contributed by atoms with van der Waals surface area (Å²) in [6.45, 7) is 3.02. The van der Waals surface area contributed by atoms with Gasteiger partial charge in [0.2, 0.25) is 5.91 Å². The minimum atomic E-state index is -0.859. The van der Waals surface area contributed by atoms with Crippen LogP contribution >= 0.6 is 11.3 Å². The van der Waals surface area contributed by atoms with Crippen molar-refractivity contribution in [2.75, 3.05) is 13.1 Å². The molecule has 0 spiro atoms. The van der Waals surface area contributed by atoms with Gasteiger partial charge >= 0.3 is 5.97 Å². The topological polar surface area (TPSA) is 92.5 Å². The number of hydrogen-bond donors (Lipinski definition) is 1. The number of carbonyl (C=O) groups excluding carboxylic acids is 1. The van der Waals surface area contributed by atoms with E-state index in [4.69, 9.17) is 0 Å². The summed E-state index contributed by atoms with van der Waals surface area (Å²) in [5, 5.41) is 11.6. The molecule has 2 aromatic heterocycles. The lowest BCUT2D eigenvalue weighted by Crippen LogP contribution is -2.45. The van der Waals surface area contributed by atoms with Crippen LogP contribution in [0.3, 0.4) is 0 Å². The van der Waals surface area contributed by atoms with Crippen molar-refractivity contribution in [1.82, 2.24) is 14.5 Å². The van der Waals surface area contributed by atoms with Crippen molar-refractivity contribution in [3.05, 3.63) is 28.1 Å². The Balaban J connectivity index is 1.67. The molecule has 0 radical (unpaired) electrons. The van der Waals surface area contributed by atoms with Gasteiger partial charge in [0.1, 0.15) is 4.83 Å². The van der Waals surface area contributed by atoms with Crippen molar-refractivity contribution < 1.29 is 14.7 Å². The maximum Gasteiger partial charge on any atom is 0.308 e. The lowest BCUT2D eigenvalue weighted by atomic mass is 9.90. The van der Waals surface area contributed by atoms with E-state index in [1.807, 2.05) is 12.3 Å². The van der Waals surface area contributed by atoms with Gasteiger partial charge in [-0.25, -0.2) is 4.98 Å². The molecular weight excluding hydrogens is 330 g/mol. The predicted molar refractivity (Wildman–Crippen MR) is 90.0 cm³/mol. The van der Waals surface area contributed by atoms with Crippen LogP contribution in [0.25, 0.3) is 10.2 Å². The summed E-state index contributed by atoms with van der Waals surface area (Å²) in [4.78, 5) is 42.4. The van der Waals surface area contributed by atoms with Gasteiger partial charge < -0.3 is 10.0 Å². The molecule has 2 unspecified atom stereocenters. The Morgan fingerprint density at radius 1 is 1.42 bits per heavy atom. The van der Waals surface area contributed by atoms with Gasteiger partial charge in [0.25, 0.3) is 5.56 Å². The summed E-state index contributed by atoms with van der Waals surface area (Å²) >= 11 is 1.41. The van der Waals surface area contributed by atoms with Crippen LogP contribution in [-0.2, 0) is 16.1 Å². The third-order valence-electron chi connectivity index (χ3n) is 4.38. The van der Waals surface area contributed by atoms with Crippen molar-refractivity contribution in [3.63, 3.8) is 0 Å². The van der Waals surface area contributed by atoms with Crippen molar-refractivity contribution in [2.45, 2.75) is 26.3 Å². The van der Waals surface area contributed by atoms with E-state index in [0.717, 1.165) is 0 Å². The molecule has 1 N–H and O–H groups in total. The number of rotatable bonds is 4. The Kier molecular flexibility index (Phi) is 4.66. The van der Waals surface area contributed by atoms with Crippen molar-refractivity contribution in [1.29, 1.82) is 0 Å².